The van der Waals surface area contributed by atoms with Crippen LogP contribution in [-0.4, -0.2) is 27.3 Å². The maximum Gasteiger partial charge on any atom is 0.332 e. The van der Waals surface area contributed by atoms with Gasteiger partial charge in [0.15, 0.2) is 6.10 Å². The van der Waals surface area contributed by atoms with Crippen LogP contribution in [-0.2, 0) is 17.8 Å². The lowest BCUT2D eigenvalue weighted by molar-refractivity contribution is -0.146. The van der Waals surface area contributed by atoms with E-state index < -0.39 is 12.1 Å². The highest BCUT2D eigenvalue weighted by atomic mass is 16.5. The Labute approximate surface area is 133 Å². The molecule has 0 aliphatic carbocycles. The minimum Gasteiger partial charge on any atom is -0.489 e. The zero-order valence-corrected chi connectivity index (χ0v) is 12.4. The number of rotatable bonds is 6. The second-order valence-electron chi connectivity index (χ2n) is 5.35. The van der Waals surface area contributed by atoms with Gasteiger partial charge in [0.2, 0.25) is 0 Å². The van der Waals surface area contributed by atoms with Crippen LogP contribution >= 0.6 is 0 Å². The van der Waals surface area contributed by atoms with Crippen molar-refractivity contribution in [3.8, 4) is 5.75 Å². The Balaban J connectivity index is 1.78. The molecule has 0 aliphatic heterocycles. The number of aromatic amines is 1. The minimum absolute atomic E-state index is 0.0530. The molecule has 118 valence electrons. The summed E-state index contributed by atoms with van der Waals surface area (Å²) in [5.74, 6) is -0.525. The van der Waals surface area contributed by atoms with Crippen molar-refractivity contribution in [3.05, 3.63) is 65.9 Å². The number of aliphatic hydroxyl groups excluding tert-OH is 1. The molecule has 0 spiro atoms. The summed E-state index contributed by atoms with van der Waals surface area (Å²) in [5.41, 5.74) is 2.70. The number of aliphatic hydroxyl groups is 1. The molecule has 2 aromatic carbocycles. The van der Waals surface area contributed by atoms with Gasteiger partial charge in [0, 0.05) is 23.5 Å². The monoisotopic (exact) mass is 311 g/mol. The van der Waals surface area contributed by atoms with Crippen molar-refractivity contribution >= 4 is 16.9 Å². The van der Waals surface area contributed by atoms with Crippen LogP contribution in [0.25, 0.3) is 10.9 Å². The van der Waals surface area contributed by atoms with E-state index in [0.29, 0.717) is 12.4 Å². The number of fused-ring (bicyclic) bond motifs is 1. The van der Waals surface area contributed by atoms with Crippen molar-refractivity contribution in [1.29, 1.82) is 0 Å². The largest absolute Gasteiger partial charge is 0.489 e. The Bertz CT molecular complexity index is 810. The van der Waals surface area contributed by atoms with Gasteiger partial charge in [-0.1, -0.05) is 30.3 Å². The first kappa shape index (κ1) is 15.1. The molecule has 3 N–H and O–H groups in total. The van der Waals surface area contributed by atoms with Crippen LogP contribution in [0.1, 0.15) is 11.1 Å². The Morgan fingerprint density at radius 1 is 1.17 bits per heavy atom. The van der Waals surface area contributed by atoms with Gasteiger partial charge in [0.1, 0.15) is 12.4 Å². The number of carbonyl (C=O) groups is 1. The first-order valence-electron chi connectivity index (χ1n) is 7.31. The van der Waals surface area contributed by atoms with Crippen molar-refractivity contribution in [2.45, 2.75) is 19.1 Å². The molecule has 3 aromatic rings. The number of ether oxygens (including phenoxy) is 1. The summed E-state index contributed by atoms with van der Waals surface area (Å²) in [5, 5.41) is 19.2. The number of hydrogen-bond acceptors (Lipinski definition) is 3. The summed E-state index contributed by atoms with van der Waals surface area (Å²) in [6.45, 7) is 0.462. The molecular weight excluding hydrogens is 294 g/mol. The first-order valence-corrected chi connectivity index (χ1v) is 7.31. The third-order valence-electron chi connectivity index (χ3n) is 3.69. The standard InChI is InChI=1S/C18H17NO4/c20-17(18(21)22)8-13-10-19-16-7-6-14(9-15(13)16)23-11-12-4-2-1-3-5-12/h1-7,9-10,17,19-20H,8,11H2,(H,21,22)/t17-/m1/s1. The van der Waals surface area contributed by atoms with Crippen molar-refractivity contribution in [1.82, 2.24) is 4.98 Å². The van der Waals surface area contributed by atoms with E-state index in [4.69, 9.17) is 9.84 Å². The highest BCUT2D eigenvalue weighted by Gasteiger charge is 2.16. The topological polar surface area (TPSA) is 82.5 Å². The molecule has 0 saturated carbocycles. The Kier molecular flexibility index (Phi) is 4.30. The van der Waals surface area contributed by atoms with E-state index in [-0.39, 0.29) is 6.42 Å². The van der Waals surface area contributed by atoms with Gasteiger partial charge in [-0.3, -0.25) is 0 Å². The highest BCUT2D eigenvalue weighted by Crippen LogP contribution is 2.25. The number of H-pyrrole nitrogens is 1. The lowest BCUT2D eigenvalue weighted by Crippen LogP contribution is -2.21. The molecule has 5 nitrogen and oxygen atoms in total. The van der Waals surface area contributed by atoms with Crippen LogP contribution in [0.15, 0.2) is 54.7 Å². The molecule has 0 fully saturated rings. The maximum atomic E-state index is 10.8. The molecule has 1 aromatic heterocycles. The van der Waals surface area contributed by atoms with E-state index in [1.807, 2.05) is 48.5 Å². The van der Waals surface area contributed by atoms with E-state index in [1.165, 1.54) is 0 Å². The summed E-state index contributed by atoms with van der Waals surface area (Å²) in [6.07, 6.45) is 0.359. The van der Waals surface area contributed by atoms with Gasteiger partial charge < -0.3 is 19.9 Å². The van der Waals surface area contributed by atoms with Crippen LogP contribution in [0, 0.1) is 0 Å². The van der Waals surface area contributed by atoms with Crippen LogP contribution < -0.4 is 4.74 Å². The van der Waals surface area contributed by atoms with Crippen molar-refractivity contribution in [2.24, 2.45) is 0 Å². The summed E-state index contributed by atoms with van der Waals surface area (Å²) < 4.78 is 5.78. The molecular formula is C18H17NO4. The molecule has 1 atom stereocenters. The fraction of sp³-hybridized carbons (Fsp3) is 0.167. The summed E-state index contributed by atoms with van der Waals surface area (Å²) in [4.78, 5) is 13.9. The van der Waals surface area contributed by atoms with Crippen LogP contribution in [0.3, 0.4) is 0 Å². The van der Waals surface area contributed by atoms with Crippen molar-refractivity contribution in [3.63, 3.8) is 0 Å². The second kappa shape index (κ2) is 6.54. The molecule has 3 rings (SSSR count). The van der Waals surface area contributed by atoms with Crippen LogP contribution in [0.2, 0.25) is 0 Å². The molecule has 1 heterocycles. The SMILES string of the molecule is O=C(O)[C@H](O)Cc1c[nH]c2ccc(OCc3ccccc3)cc12. The van der Waals surface area contributed by atoms with Crippen molar-refractivity contribution < 1.29 is 19.7 Å². The van der Waals surface area contributed by atoms with Gasteiger partial charge in [-0.2, -0.15) is 0 Å². The van der Waals surface area contributed by atoms with Gasteiger partial charge in [0.05, 0.1) is 0 Å². The number of carboxylic acids is 1. The molecule has 0 unspecified atom stereocenters. The Morgan fingerprint density at radius 2 is 1.96 bits per heavy atom. The lowest BCUT2D eigenvalue weighted by Gasteiger charge is -2.08. The van der Waals surface area contributed by atoms with E-state index >= 15 is 0 Å². The number of hydrogen-bond donors (Lipinski definition) is 3. The van der Waals surface area contributed by atoms with Crippen LogP contribution in [0.5, 0.6) is 5.75 Å². The Hall–Kier alpha value is -2.79. The number of benzene rings is 2. The quantitative estimate of drug-likeness (QED) is 0.653. The zero-order valence-electron chi connectivity index (χ0n) is 12.4. The van der Waals surface area contributed by atoms with Gasteiger partial charge in [-0.15, -0.1) is 0 Å². The van der Waals surface area contributed by atoms with Gasteiger partial charge in [-0.05, 0) is 29.3 Å². The van der Waals surface area contributed by atoms with Gasteiger partial charge in [-0.25, -0.2) is 4.79 Å². The van der Waals surface area contributed by atoms with Crippen LogP contribution in [0.4, 0.5) is 0 Å². The normalized spacial score (nSPS) is 12.2. The zero-order chi connectivity index (χ0) is 16.2. The van der Waals surface area contributed by atoms with E-state index in [2.05, 4.69) is 4.98 Å². The lowest BCUT2D eigenvalue weighted by atomic mass is 10.1. The summed E-state index contributed by atoms with van der Waals surface area (Å²) in [7, 11) is 0. The van der Waals surface area contributed by atoms with E-state index in [0.717, 1.165) is 22.0 Å². The number of nitrogens with one attached hydrogen (secondary N) is 1. The van der Waals surface area contributed by atoms with Crippen molar-refractivity contribution in [2.75, 3.05) is 0 Å². The third kappa shape index (κ3) is 3.52. The predicted molar refractivity (Wildman–Crippen MR) is 86.4 cm³/mol. The second-order valence-corrected chi connectivity index (χ2v) is 5.35. The maximum absolute atomic E-state index is 10.8. The first-order chi connectivity index (χ1) is 11.1. The number of carboxylic acid groups (broad SMARTS) is 1. The fourth-order valence-electron chi connectivity index (χ4n) is 2.45. The van der Waals surface area contributed by atoms with Gasteiger partial charge >= 0.3 is 5.97 Å². The van der Waals surface area contributed by atoms with Gasteiger partial charge in [0.25, 0.3) is 0 Å². The highest BCUT2D eigenvalue weighted by molar-refractivity contribution is 5.85. The molecule has 0 aliphatic rings. The fourth-order valence-corrected chi connectivity index (χ4v) is 2.45. The Morgan fingerprint density at radius 3 is 2.70 bits per heavy atom. The molecule has 5 heteroatoms. The minimum atomic E-state index is -1.41. The predicted octanol–water partition coefficient (Wildman–Crippen LogP) is 2.73. The van der Waals surface area contributed by atoms with E-state index in [1.54, 1.807) is 6.20 Å². The molecule has 0 amide bonds. The molecule has 0 saturated heterocycles. The summed E-state index contributed by atoms with van der Waals surface area (Å²) in [6, 6.07) is 15.4. The molecule has 23 heavy (non-hydrogen) atoms. The third-order valence-corrected chi connectivity index (χ3v) is 3.69. The molecule has 0 bridgehead atoms. The molecule has 0 radical (unpaired) electrons. The number of aliphatic carboxylic acids is 1. The number of aromatic nitrogens is 1. The smallest absolute Gasteiger partial charge is 0.332 e. The average molecular weight is 311 g/mol. The van der Waals surface area contributed by atoms with E-state index in [9.17, 15) is 9.90 Å². The summed E-state index contributed by atoms with van der Waals surface area (Å²) >= 11 is 0. The average Bonchev–Trinajstić information content (AvgIpc) is 2.96.